The second-order valence-electron chi connectivity index (χ2n) is 4.79. The second kappa shape index (κ2) is 8.21. The number of rotatable bonds is 6. The average molecular weight is 336 g/mol. The van der Waals surface area contributed by atoms with Crippen molar-refractivity contribution in [2.45, 2.75) is 32.7 Å². The molecular formula is C13H22ClN3O3S. The number of nitrogens with two attached hydrogens (primary N) is 1. The molecule has 0 heterocycles. The lowest BCUT2D eigenvalue weighted by molar-refractivity contribution is -0.117. The molecule has 0 bridgehead atoms. The molecule has 0 saturated heterocycles. The Hall–Kier alpha value is -1.31. The third kappa shape index (κ3) is 6.79. The van der Waals surface area contributed by atoms with Crippen molar-refractivity contribution in [2.75, 3.05) is 16.3 Å². The molecule has 1 rings (SSSR count). The highest BCUT2D eigenvalue weighted by molar-refractivity contribution is 7.92. The SMILES string of the molecule is CCCC(N)C(=O)Nc1ccc(C)c(NS(C)(=O)=O)c1.Cl. The van der Waals surface area contributed by atoms with Crippen LogP contribution in [-0.4, -0.2) is 26.6 Å². The summed E-state index contributed by atoms with van der Waals surface area (Å²) in [6.07, 6.45) is 2.50. The van der Waals surface area contributed by atoms with Crippen molar-refractivity contribution < 1.29 is 13.2 Å². The van der Waals surface area contributed by atoms with E-state index in [-0.39, 0.29) is 18.3 Å². The molecule has 1 unspecified atom stereocenters. The number of nitrogens with one attached hydrogen (secondary N) is 2. The third-order valence-electron chi connectivity index (χ3n) is 2.74. The van der Waals surface area contributed by atoms with Gasteiger partial charge in [0, 0.05) is 5.69 Å². The minimum Gasteiger partial charge on any atom is -0.325 e. The van der Waals surface area contributed by atoms with Crippen molar-refractivity contribution in [1.29, 1.82) is 0 Å². The summed E-state index contributed by atoms with van der Waals surface area (Å²) in [6.45, 7) is 3.73. The number of benzene rings is 1. The Morgan fingerprint density at radius 1 is 1.38 bits per heavy atom. The maximum Gasteiger partial charge on any atom is 0.241 e. The molecule has 0 radical (unpaired) electrons. The highest BCUT2D eigenvalue weighted by Gasteiger charge is 2.13. The first-order valence-corrected chi connectivity index (χ1v) is 8.27. The number of sulfonamides is 1. The lowest BCUT2D eigenvalue weighted by Gasteiger charge is -2.13. The summed E-state index contributed by atoms with van der Waals surface area (Å²) in [5.74, 6) is -0.277. The monoisotopic (exact) mass is 335 g/mol. The molecule has 4 N–H and O–H groups in total. The lowest BCUT2D eigenvalue weighted by atomic mass is 10.1. The van der Waals surface area contributed by atoms with Crippen LogP contribution in [0.2, 0.25) is 0 Å². The second-order valence-corrected chi connectivity index (χ2v) is 6.54. The molecule has 0 aliphatic rings. The minimum absolute atomic E-state index is 0. The van der Waals surface area contributed by atoms with E-state index in [0.29, 0.717) is 17.8 Å². The highest BCUT2D eigenvalue weighted by atomic mass is 35.5. The van der Waals surface area contributed by atoms with Gasteiger partial charge in [0.05, 0.1) is 18.0 Å². The third-order valence-corrected chi connectivity index (χ3v) is 3.33. The zero-order valence-electron chi connectivity index (χ0n) is 12.3. The van der Waals surface area contributed by atoms with Gasteiger partial charge in [-0.2, -0.15) is 0 Å². The van der Waals surface area contributed by atoms with Gasteiger partial charge in [-0.15, -0.1) is 12.4 Å². The zero-order valence-corrected chi connectivity index (χ0v) is 14.0. The first-order chi connectivity index (χ1) is 9.23. The topological polar surface area (TPSA) is 101 Å². The molecule has 8 heteroatoms. The van der Waals surface area contributed by atoms with Crippen LogP contribution in [-0.2, 0) is 14.8 Å². The Morgan fingerprint density at radius 2 is 2.00 bits per heavy atom. The highest BCUT2D eigenvalue weighted by Crippen LogP contribution is 2.21. The van der Waals surface area contributed by atoms with E-state index < -0.39 is 16.1 Å². The van der Waals surface area contributed by atoms with Crippen LogP contribution in [0.25, 0.3) is 0 Å². The maximum atomic E-state index is 11.8. The van der Waals surface area contributed by atoms with E-state index in [4.69, 9.17) is 5.73 Å². The Morgan fingerprint density at radius 3 is 2.52 bits per heavy atom. The minimum atomic E-state index is -3.36. The number of anilines is 2. The molecule has 6 nitrogen and oxygen atoms in total. The lowest BCUT2D eigenvalue weighted by Crippen LogP contribution is -2.35. The van der Waals surface area contributed by atoms with E-state index >= 15 is 0 Å². The van der Waals surface area contributed by atoms with Crippen LogP contribution in [0.3, 0.4) is 0 Å². The molecule has 0 fully saturated rings. The molecule has 1 aromatic rings. The molecule has 1 atom stereocenters. The van der Waals surface area contributed by atoms with Crippen molar-refractivity contribution in [2.24, 2.45) is 5.73 Å². The first kappa shape index (κ1) is 19.7. The van der Waals surface area contributed by atoms with Gasteiger partial charge in [-0.05, 0) is 31.0 Å². The predicted octanol–water partition coefficient (Wildman–Crippen LogP) is 1.85. The van der Waals surface area contributed by atoms with Crippen LogP contribution in [0.5, 0.6) is 0 Å². The van der Waals surface area contributed by atoms with Crippen molar-refractivity contribution in [3.8, 4) is 0 Å². The van der Waals surface area contributed by atoms with E-state index in [2.05, 4.69) is 10.0 Å². The summed E-state index contributed by atoms with van der Waals surface area (Å²) in [5, 5.41) is 2.68. The molecule has 0 aromatic heterocycles. The Kier molecular flexibility index (Phi) is 7.70. The largest absolute Gasteiger partial charge is 0.325 e. The van der Waals surface area contributed by atoms with Crippen LogP contribution in [0.4, 0.5) is 11.4 Å². The van der Waals surface area contributed by atoms with Gasteiger partial charge in [0.2, 0.25) is 15.9 Å². The predicted molar refractivity (Wildman–Crippen MR) is 88.4 cm³/mol. The molecule has 0 saturated carbocycles. The zero-order chi connectivity index (χ0) is 15.3. The molecule has 1 amide bonds. The molecule has 120 valence electrons. The number of amides is 1. The number of aryl methyl sites for hydroxylation is 1. The van der Waals surface area contributed by atoms with Crippen molar-refractivity contribution in [3.05, 3.63) is 23.8 Å². The van der Waals surface area contributed by atoms with E-state index in [0.717, 1.165) is 18.2 Å². The van der Waals surface area contributed by atoms with Gasteiger partial charge in [-0.1, -0.05) is 19.4 Å². The van der Waals surface area contributed by atoms with Gasteiger partial charge < -0.3 is 11.1 Å². The first-order valence-electron chi connectivity index (χ1n) is 6.38. The summed E-state index contributed by atoms with van der Waals surface area (Å²) >= 11 is 0. The summed E-state index contributed by atoms with van der Waals surface area (Å²) in [6, 6.07) is 4.45. The molecule has 21 heavy (non-hydrogen) atoms. The standard InChI is InChI=1S/C13H21N3O3S.ClH/c1-4-5-11(14)13(17)15-10-7-6-9(2)12(8-10)16-20(3,18)19;/h6-8,11,16H,4-5,14H2,1-3H3,(H,15,17);1H. The summed E-state index contributed by atoms with van der Waals surface area (Å²) in [5.41, 5.74) is 7.44. The maximum absolute atomic E-state index is 11.8. The fraction of sp³-hybridized carbons (Fsp3) is 0.462. The molecule has 0 aliphatic carbocycles. The van der Waals surface area contributed by atoms with Gasteiger partial charge in [-0.3, -0.25) is 9.52 Å². The summed E-state index contributed by atoms with van der Waals surface area (Å²) < 4.78 is 24.9. The van der Waals surface area contributed by atoms with Gasteiger partial charge >= 0.3 is 0 Å². The number of carbonyl (C=O) groups excluding carboxylic acids is 1. The van der Waals surface area contributed by atoms with E-state index in [1.807, 2.05) is 6.92 Å². The van der Waals surface area contributed by atoms with Crippen LogP contribution >= 0.6 is 12.4 Å². The smallest absolute Gasteiger partial charge is 0.241 e. The normalized spacial score (nSPS) is 12.2. The summed E-state index contributed by atoms with van der Waals surface area (Å²) in [4.78, 5) is 11.8. The fourth-order valence-corrected chi connectivity index (χ4v) is 2.31. The number of halogens is 1. The van der Waals surface area contributed by atoms with Gasteiger partial charge in [0.15, 0.2) is 0 Å². The van der Waals surface area contributed by atoms with Crippen molar-refractivity contribution in [1.82, 2.24) is 0 Å². The Balaban J connectivity index is 0.00000400. The number of carbonyl (C=O) groups is 1. The molecule has 0 aliphatic heterocycles. The average Bonchev–Trinajstić information content (AvgIpc) is 2.32. The van der Waals surface area contributed by atoms with Gasteiger partial charge in [-0.25, -0.2) is 8.42 Å². The van der Waals surface area contributed by atoms with Crippen molar-refractivity contribution >= 4 is 39.7 Å². The van der Waals surface area contributed by atoms with E-state index in [1.165, 1.54) is 0 Å². The van der Waals surface area contributed by atoms with Crippen LogP contribution < -0.4 is 15.8 Å². The van der Waals surface area contributed by atoms with Crippen LogP contribution in [0.15, 0.2) is 18.2 Å². The van der Waals surface area contributed by atoms with Gasteiger partial charge in [0.25, 0.3) is 0 Å². The van der Waals surface area contributed by atoms with Crippen LogP contribution in [0.1, 0.15) is 25.3 Å². The van der Waals surface area contributed by atoms with Gasteiger partial charge in [0.1, 0.15) is 0 Å². The number of hydrogen-bond donors (Lipinski definition) is 3. The molecule has 1 aromatic carbocycles. The Labute approximate surface area is 132 Å². The Bertz CT molecular complexity index is 590. The fourth-order valence-electron chi connectivity index (χ4n) is 1.69. The van der Waals surface area contributed by atoms with Crippen LogP contribution in [0, 0.1) is 6.92 Å². The van der Waals surface area contributed by atoms with Crippen molar-refractivity contribution in [3.63, 3.8) is 0 Å². The summed E-state index contributed by atoms with van der Waals surface area (Å²) in [7, 11) is -3.36. The number of hydrogen-bond acceptors (Lipinski definition) is 4. The molecular weight excluding hydrogens is 314 g/mol. The van der Waals surface area contributed by atoms with E-state index in [1.54, 1.807) is 25.1 Å². The van der Waals surface area contributed by atoms with E-state index in [9.17, 15) is 13.2 Å². The molecule has 0 spiro atoms. The quantitative estimate of drug-likeness (QED) is 0.738.